The van der Waals surface area contributed by atoms with Crippen molar-refractivity contribution in [1.29, 1.82) is 0 Å². The van der Waals surface area contributed by atoms with E-state index in [0.29, 0.717) is 43.7 Å². The SMILES string of the molecule is CC(C)CNC(=O)[C@H](C)[NH+]1CCN(S(=O)(=O)c2cccc(Cl)c2)CC1. The van der Waals surface area contributed by atoms with Gasteiger partial charge in [-0.05, 0) is 31.0 Å². The zero-order valence-electron chi connectivity index (χ0n) is 15.0. The number of halogens is 1. The molecular formula is C17H27ClN3O3S+. The number of amides is 1. The average molecular weight is 389 g/mol. The van der Waals surface area contributed by atoms with Crippen LogP contribution in [0.1, 0.15) is 20.8 Å². The minimum absolute atomic E-state index is 0.0230. The molecule has 0 saturated carbocycles. The highest BCUT2D eigenvalue weighted by Gasteiger charge is 2.34. The number of nitrogens with zero attached hydrogens (tertiary/aromatic N) is 1. The van der Waals surface area contributed by atoms with Gasteiger partial charge >= 0.3 is 0 Å². The lowest BCUT2D eigenvalue weighted by molar-refractivity contribution is -0.917. The second kappa shape index (κ2) is 8.49. The fraction of sp³-hybridized carbons (Fsp3) is 0.588. The van der Waals surface area contributed by atoms with Crippen molar-refractivity contribution in [2.75, 3.05) is 32.7 Å². The molecule has 140 valence electrons. The van der Waals surface area contributed by atoms with Gasteiger partial charge in [-0.3, -0.25) is 4.79 Å². The van der Waals surface area contributed by atoms with Crippen molar-refractivity contribution in [1.82, 2.24) is 9.62 Å². The number of sulfonamides is 1. The van der Waals surface area contributed by atoms with Gasteiger partial charge in [0.15, 0.2) is 6.04 Å². The number of hydrogen-bond acceptors (Lipinski definition) is 3. The molecule has 8 heteroatoms. The van der Waals surface area contributed by atoms with Crippen LogP contribution in [0.15, 0.2) is 29.2 Å². The Morgan fingerprint density at radius 3 is 2.48 bits per heavy atom. The lowest BCUT2D eigenvalue weighted by Gasteiger charge is -2.34. The van der Waals surface area contributed by atoms with E-state index in [4.69, 9.17) is 11.6 Å². The maximum atomic E-state index is 12.7. The molecule has 1 aliphatic rings. The normalized spacial score (nSPS) is 18.3. The number of rotatable bonds is 6. The Bertz CT molecular complexity index is 701. The highest BCUT2D eigenvalue weighted by atomic mass is 35.5. The van der Waals surface area contributed by atoms with Crippen molar-refractivity contribution in [2.45, 2.75) is 31.7 Å². The first-order chi connectivity index (χ1) is 11.7. The van der Waals surface area contributed by atoms with Gasteiger partial charge in [0, 0.05) is 11.6 Å². The van der Waals surface area contributed by atoms with Crippen LogP contribution in [0.25, 0.3) is 0 Å². The summed E-state index contributed by atoms with van der Waals surface area (Å²) in [6.45, 7) is 8.66. The van der Waals surface area contributed by atoms with Gasteiger partial charge in [-0.15, -0.1) is 0 Å². The van der Waals surface area contributed by atoms with Crippen molar-refractivity contribution in [3.8, 4) is 0 Å². The number of hydrogen-bond donors (Lipinski definition) is 2. The van der Waals surface area contributed by atoms with Crippen LogP contribution in [-0.2, 0) is 14.8 Å². The smallest absolute Gasteiger partial charge is 0.278 e. The topological polar surface area (TPSA) is 70.9 Å². The minimum atomic E-state index is -3.54. The van der Waals surface area contributed by atoms with Gasteiger partial charge in [-0.1, -0.05) is 31.5 Å². The molecule has 6 nitrogen and oxygen atoms in total. The summed E-state index contributed by atoms with van der Waals surface area (Å²) >= 11 is 5.91. The molecule has 1 aliphatic heterocycles. The second-order valence-electron chi connectivity index (χ2n) is 6.88. The fourth-order valence-electron chi connectivity index (χ4n) is 2.87. The molecule has 2 rings (SSSR count). The highest BCUT2D eigenvalue weighted by molar-refractivity contribution is 7.89. The zero-order chi connectivity index (χ0) is 18.6. The molecular weight excluding hydrogens is 362 g/mol. The third kappa shape index (κ3) is 5.17. The molecule has 0 aromatic heterocycles. The fourth-order valence-corrected chi connectivity index (χ4v) is 4.61. The first-order valence-electron chi connectivity index (χ1n) is 8.60. The van der Waals surface area contributed by atoms with E-state index in [-0.39, 0.29) is 16.8 Å². The lowest BCUT2D eigenvalue weighted by Crippen LogP contribution is -3.19. The summed E-state index contributed by atoms with van der Waals surface area (Å²) in [5.74, 6) is 0.431. The quantitative estimate of drug-likeness (QED) is 0.740. The summed E-state index contributed by atoms with van der Waals surface area (Å²) < 4.78 is 26.9. The van der Waals surface area contributed by atoms with Crippen molar-refractivity contribution in [3.63, 3.8) is 0 Å². The summed E-state index contributed by atoms with van der Waals surface area (Å²) in [6, 6.07) is 6.13. The van der Waals surface area contributed by atoms with Crippen LogP contribution in [0.3, 0.4) is 0 Å². The number of piperazine rings is 1. The molecule has 1 fully saturated rings. The van der Waals surface area contributed by atoms with E-state index in [9.17, 15) is 13.2 Å². The summed E-state index contributed by atoms with van der Waals surface area (Å²) in [7, 11) is -3.54. The van der Waals surface area contributed by atoms with Gasteiger partial charge in [0.1, 0.15) is 0 Å². The van der Waals surface area contributed by atoms with Gasteiger partial charge in [0.25, 0.3) is 5.91 Å². The van der Waals surface area contributed by atoms with E-state index in [1.807, 2.05) is 6.92 Å². The molecule has 0 radical (unpaired) electrons. The van der Waals surface area contributed by atoms with Gasteiger partial charge in [-0.25, -0.2) is 8.42 Å². The molecule has 1 heterocycles. The summed E-state index contributed by atoms with van der Waals surface area (Å²) in [4.78, 5) is 13.5. The van der Waals surface area contributed by atoms with Crippen LogP contribution in [0.2, 0.25) is 5.02 Å². The van der Waals surface area contributed by atoms with Gasteiger partial charge in [0.2, 0.25) is 10.0 Å². The van der Waals surface area contributed by atoms with Crippen LogP contribution < -0.4 is 10.2 Å². The molecule has 1 atom stereocenters. The van der Waals surface area contributed by atoms with Gasteiger partial charge in [-0.2, -0.15) is 4.31 Å². The van der Waals surface area contributed by atoms with E-state index in [0.717, 1.165) is 4.90 Å². The molecule has 25 heavy (non-hydrogen) atoms. The number of benzene rings is 1. The third-order valence-electron chi connectivity index (χ3n) is 4.49. The predicted molar refractivity (Wildman–Crippen MR) is 98.2 cm³/mol. The highest BCUT2D eigenvalue weighted by Crippen LogP contribution is 2.19. The molecule has 0 spiro atoms. The predicted octanol–water partition coefficient (Wildman–Crippen LogP) is 0.390. The molecule has 2 N–H and O–H groups in total. The van der Waals surface area contributed by atoms with E-state index in [1.54, 1.807) is 18.2 Å². The Labute approximate surface area is 155 Å². The number of nitrogens with one attached hydrogen (secondary N) is 2. The monoisotopic (exact) mass is 388 g/mol. The number of quaternary nitrogens is 1. The maximum Gasteiger partial charge on any atom is 0.278 e. The molecule has 1 amide bonds. The molecule has 0 unspecified atom stereocenters. The maximum absolute atomic E-state index is 12.7. The second-order valence-corrected chi connectivity index (χ2v) is 9.25. The molecule has 0 bridgehead atoms. The van der Waals surface area contributed by atoms with E-state index in [1.165, 1.54) is 10.4 Å². The summed E-state index contributed by atoms with van der Waals surface area (Å²) in [6.07, 6.45) is 0. The summed E-state index contributed by atoms with van der Waals surface area (Å²) in [5.41, 5.74) is 0. The standard InChI is InChI=1S/C17H26ClN3O3S/c1-13(2)12-19-17(22)14(3)20-7-9-21(10-8-20)25(23,24)16-6-4-5-15(18)11-16/h4-6,11,13-14H,7-10,12H2,1-3H3,(H,19,22)/p+1/t14-/m0/s1. The average Bonchev–Trinajstić information content (AvgIpc) is 2.59. The lowest BCUT2D eigenvalue weighted by atomic mass is 10.2. The molecule has 1 aromatic rings. The Morgan fingerprint density at radius 1 is 1.28 bits per heavy atom. The molecule has 0 aliphatic carbocycles. The van der Waals surface area contributed by atoms with Crippen LogP contribution in [-0.4, -0.2) is 57.4 Å². The first-order valence-corrected chi connectivity index (χ1v) is 10.4. The van der Waals surface area contributed by atoms with Crippen LogP contribution >= 0.6 is 11.6 Å². The van der Waals surface area contributed by atoms with Crippen molar-refractivity contribution >= 4 is 27.5 Å². The van der Waals surface area contributed by atoms with E-state index >= 15 is 0 Å². The largest absolute Gasteiger partial charge is 0.351 e. The van der Waals surface area contributed by atoms with E-state index in [2.05, 4.69) is 19.2 Å². The number of carbonyl (C=O) groups is 1. The van der Waals surface area contributed by atoms with Crippen LogP contribution in [0.5, 0.6) is 0 Å². The molecule has 1 aromatic carbocycles. The van der Waals surface area contributed by atoms with Crippen molar-refractivity contribution in [3.05, 3.63) is 29.3 Å². The zero-order valence-corrected chi connectivity index (χ0v) is 16.5. The Morgan fingerprint density at radius 2 is 1.92 bits per heavy atom. The molecule has 1 saturated heterocycles. The van der Waals surface area contributed by atoms with Crippen molar-refractivity contribution < 1.29 is 18.1 Å². The van der Waals surface area contributed by atoms with Gasteiger partial charge < -0.3 is 10.2 Å². The van der Waals surface area contributed by atoms with Crippen LogP contribution in [0.4, 0.5) is 0 Å². The first kappa shape index (κ1) is 20.2. The van der Waals surface area contributed by atoms with E-state index < -0.39 is 10.0 Å². The Hall–Kier alpha value is -1.15. The van der Waals surface area contributed by atoms with Gasteiger partial charge in [0.05, 0.1) is 31.1 Å². The Kier molecular flexibility index (Phi) is 6.85. The minimum Gasteiger partial charge on any atom is -0.351 e. The number of carbonyl (C=O) groups excluding carboxylic acids is 1. The Balaban J connectivity index is 1.96. The van der Waals surface area contributed by atoms with Crippen molar-refractivity contribution in [2.24, 2.45) is 5.92 Å². The third-order valence-corrected chi connectivity index (χ3v) is 6.62. The van der Waals surface area contributed by atoms with Crippen LogP contribution in [0, 0.1) is 5.92 Å². The summed E-state index contributed by atoms with van der Waals surface area (Å²) in [5, 5.41) is 3.35.